The first kappa shape index (κ1) is 14.7. The van der Waals surface area contributed by atoms with Gasteiger partial charge in [0, 0.05) is 38.8 Å². The quantitative estimate of drug-likeness (QED) is 0.697. The zero-order chi connectivity index (χ0) is 13.9. The molecule has 2 heterocycles. The van der Waals surface area contributed by atoms with Gasteiger partial charge in [0.2, 0.25) is 0 Å². The maximum atomic E-state index is 12.6. The van der Waals surface area contributed by atoms with Crippen LogP contribution in [0.1, 0.15) is 26.2 Å². The Morgan fingerprint density at radius 3 is 2.42 bits per heavy atom. The highest BCUT2D eigenvalue weighted by Crippen LogP contribution is 2.22. The molecule has 1 atom stereocenters. The molecule has 0 amide bonds. The summed E-state index contributed by atoms with van der Waals surface area (Å²) in [4.78, 5) is 1.99. The van der Waals surface area contributed by atoms with Crippen LogP contribution in [0.25, 0.3) is 0 Å². The molecule has 0 radical (unpaired) electrons. The highest BCUT2D eigenvalue weighted by atomic mass is 32.2. The van der Waals surface area contributed by atoms with Crippen molar-refractivity contribution in [1.29, 1.82) is 5.26 Å². The Morgan fingerprint density at radius 2 is 1.84 bits per heavy atom. The largest absolute Gasteiger partial charge is 0.288 e. The Hall–Kier alpha value is -0.680. The molecule has 0 aromatic heterocycles. The summed E-state index contributed by atoms with van der Waals surface area (Å²) >= 11 is 0. The van der Waals surface area contributed by atoms with Crippen molar-refractivity contribution < 1.29 is 8.42 Å². The number of hydrogen-bond donors (Lipinski definition) is 0. The molecule has 2 aliphatic rings. The van der Waals surface area contributed by atoms with Gasteiger partial charge < -0.3 is 0 Å². The second-order valence-corrected chi connectivity index (χ2v) is 7.18. The van der Waals surface area contributed by atoms with E-state index in [2.05, 4.69) is 6.07 Å². The molecule has 6 nitrogen and oxygen atoms in total. The first-order chi connectivity index (χ1) is 9.05. The molecule has 108 valence electrons. The topological polar surface area (TPSA) is 67.7 Å². The molecule has 2 rings (SSSR count). The van der Waals surface area contributed by atoms with E-state index in [4.69, 9.17) is 5.26 Å². The van der Waals surface area contributed by atoms with Crippen LogP contribution < -0.4 is 0 Å². The maximum Gasteiger partial charge on any atom is 0.282 e. The lowest BCUT2D eigenvalue weighted by Crippen LogP contribution is -2.55. The fourth-order valence-corrected chi connectivity index (χ4v) is 4.62. The molecule has 2 fully saturated rings. The van der Waals surface area contributed by atoms with Crippen molar-refractivity contribution in [2.24, 2.45) is 0 Å². The number of nitriles is 1. The first-order valence-electron chi connectivity index (χ1n) is 6.92. The normalized spacial score (nSPS) is 28.1. The van der Waals surface area contributed by atoms with E-state index in [1.807, 2.05) is 11.8 Å². The molecular formula is C12H22N4O2S. The third-order valence-corrected chi connectivity index (χ3v) is 6.14. The van der Waals surface area contributed by atoms with Crippen molar-refractivity contribution >= 4 is 10.2 Å². The van der Waals surface area contributed by atoms with E-state index in [9.17, 15) is 8.42 Å². The number of rotatable bonds is 3. The lowest BCUT2D eigenvalue weighted by Gasteiger charge is -2.39. The van der Waals surface area contributed by atoms with Crippen molar-refractivity contribution in [2.45, 2.75) is 32.2 Å². The molecule has 0 bridgehead atoms. The van der Waals surface area contributed by atoms with Gasteiger partial charge in [-0.15, -0.1) is 0 Å². The van der Waals surface area contributed by atoms with E-state index in [1.54, 1.807) is 8.61 Å². The van der Waals surface area contributed by atoms with E-state index < -0.39 is 10.2 Å². The molecule has 0 spiro atoms. The summed E-state index contributed by atoms with van der Waals surface area (Å²) in [5.74, 6) is 0. The van der Waals surface area contributed by atoms with Gasteiger partial charge in [0.15, 0.2) is 0 Å². The zero-order valence-electron chi connectivity index (χ0n) is 11.5. The van der Waals surface area contributed by atoms with E-state index >= 15 is 0 Å². The summed E-state index contributed by atoms with van der Waals surface area (Å²) in [5, 5.41) is 8.65. The van der Waals surface area contributed by atoms with Crippen LogP contribution in [-0.4, -0.2) is 67.2 Å². The van der Waals surface area contributed by atoms with Crippen LogP contribution in [0.15, 0.2) is 0 Å². The molecule has 7 heteroatoms. The van der Waals surface area contributed by atoms with E-state index in [0.717, 1.165) is 19.3 Å². The highest BCUT2D eigenvalue weighted by Gasteiger charge is 2.35. The number of nitrogens with zero attached hydrogens (tertiary/aromatic N) is 4. The standard InChI is InChI=1S/C12H22N4O2S/c1-12-4-2-3-6-16(12)19(17,18)15-10-8-14(7-5-13)9-11-15/h12H,2-4,6-11H2,1H3/t12-/m1/s1. The predicted molar refractivity (Wildman–Crippen MR) is 72.6 cm³/mol. The minimum Gasteiger partial charge on any atom is -0.288 e. The third kappa shape index (κ3) is 3.26. The van der Waals surface area contributed by atoms with Crippen LogP contribution in [-0.2, 0) is 10.2 Å². The Bertz CT molecular complexity index is 437. The Labute approximate surface area is 115 Å². The van der Waals surface area contributed by atoms with Gasteiger partial charge in [0.25, 0.3) is 10.2 Å². The third-order valence-electron chi connectivity index (χ3n) is 3.99. The summed E-state index contributed by atoms with van der Waals surface area (Å²) in [6.45, 7) is 5.29. The van der Waals surface area contributed by atoms with Gasteiger partial charge in [0.1, 0.15) is 0 Å². The average molecular weight is 286 g/mol. The predicted octanol–water partition coefficient (Wildman–Crippen LogP) is 0.247. The van der Waals surface area contributed by atoms with Crippen molar-refractivity contribution in [1.82, 2.24) is 13.5 Å². The average Bonchev–Trinajstić information content (AvgIpc) is 2.40. The van der Waals surface area contributed by atoms with Crippen LogP contribution in [0.3, 0.4) is 0 Å². The summed E-state index contributed by atoms with van der Waals surface area (Å²) < 4.78 is 28.4. The summed E-state index contributed by atoms with van der Waals surface area (Å²) in [7, 11) is -3.32. The summed E-state index contributed by atoms with van der Waals surface area (Å²) in [5.41, 5.74) is 0. The molecule has 0 unspecified atom stereocenters. The minimum absolute atomic E-state index is 0.107. The van der Waals surface area contributed by atoms with Gasteiger partial charge in [-0.25, -0.2) is 0 Å². The number of piperidine rings is 1. The number of piperazine rings is 1. The molecule has 0 aliphatic carbocycles. The lowest BCUT2D eigenvalue weighted by atomic mass is 10.1. The Morgan fingerprint density at radius 1 is 1.16 bits per heavy atom. The van der Waals surface area contributed by atoms with Crippen molar-refractivity contribution in [3.05, 3.63) is 0 Å². The van der Waals surface area contributed by atoms with Gasteiger partial charge in [-0.05, 0) is 19.8 Å². The fraction of sp³-hybridized carbons (Fsp3) is 0.917. The number of hydrogen-bond acceptors (Lipinski definition) is 4. The molecule has 0 aromatic rings. The second kappa shape index (κ2) is 6.18. The van der Waals surface area contributed by atoms with Crippen molar-refractivity contribution in [2.75, 3.05) is 39.3 Å². The monoisotopic (exact) mass is 286 g/mol. The lowest BCUT2D eigenvalue weighted by molar-refractivity contribution is 0.184. The van der Waals surface area contributed by atoms with Gasteiger partial charge in [0.05, 0.1) is 12.6 Å². The summed E-state index contributed by atoms with van der Waals surface area (Å²) in [6, 6.07) is 2.22. The molecule has 0 N–H and O–H groups in total. The Balaban J connectivity index is 1.99. The van der Waals surface area contributed by atoms with Crippen LogP contribution >= 0.6 is 0 Å². The van der Waals surface area contributed by atoms with Crippen molar-refractivity contribution in [3.63, 3.8) is 0 Å². The fourth-order valence-electron chi connectivity index (χ4n) is 2.78. The van der Waals surface area contributed by atoms with Crippen molar-refractivity contribution in [3.8, 4) is 6.07 Å². The molecular weight excluding hydrogens is 264 g/mol. The van der Waals surface area contributed by atoms with Crippen LogP contribution in [0.2, 0.25) is 0 Å². The van der Waals surface area contributed by atoms with E-state index in [-0.39, 0.29) is 6.04 Å². The van der Waals surface area contributed by atoms with Gasteiger partial charge in [-0.1, -0.05) is 6.42 Å². The van der Waals surface area contributed by atoms with E-state index in [0.29, 0.717) is 39.3 Å². The molecule has 0 aromatic carbocycles. The van der Waals surface area contributed by atoms with Gasteiger partial charge in [-0.2, -0.15) is 22.3 Å². The molecule has 2 aliphatic heterocycles. The van der Waals surface area contributed by atoms with Crippen LogP contribution in [0, 0.1) is 11.3 Å². The smallest absolute Gasteiger partial charge is 0.282 e. The highest BCUT2D eigenvalue weighted by molar-refractivity contribution is 7.86. The molecule has 19 heavy (non-hydrogen) atoms. The minimum atomic E-state index is -3.32. The Kier molecular flexibility index (Phi) is 4.79. The SMILES string of the molecule is C[C@@H]1CCCCN1S(=O)(=O)N1CCN(CC#N)CC1. The van der Waals surface area contributed by atoms with Crippen LogP contribution in [0.4, 0.5) is 0 Å². The molecule has 2 saturated heterocycles. The van der Waals surface area contributed by atoms with Crippen LogP contribution in [0.5, 0.6) is 0 Å². The van der Waals surface area contributed by atoms with Gasteiger partial charge in [-0.3, -0.25) is 4.90 Å². The maximum absolute atomic E-state index is 12.6. The second-order valence-electron chi connectivity index (χ2n) is 5.30. The first-order valence-corrected chi connectivity index (χ1v) is 8.31. The van der Waals surface area contributed by atoms with E-state index in [1.165, 1.54) is 0 Å². The molecule has 0 saturated carbocycles. The van der Waals surface area contributed by atoms with Gasteiger partial charge >= 0.3 is 0 Å². The zero-order valence-corrected chi connectivity index (χ0v) is 12.3. The summed E-state index contributed by atoms with van der Waals surface area (Å²) in [6.07, 6.45) is 3.02.